The fraction of sp³-hybridized carbons (Fsp3) is 0.222. The number of benzene rings is 1. The van der Waals surface area contributed by atoms with Crippen molar-refractivity contribution in [1.82, 2.24) is 14.3 Å². The van der Waals surface area contributed by atoms with Gasteiger partial charge in [0.15, 0.2) is 0 Å². The average Bonchev–Trinajstić information content (AvgIpc) is 3.27. The Morgan fingerprint density at radius 1 is 1.28 bits per heavy atom. The van der Waals surface area contributed by atoms with Crippen molar-refractivity contribution in [3.05, 3.63) is 70.0 Å². The SMILES string of the molecule is CS(=O)(=O)Nc1ccc(-c2ccc(Cn3cnn(C/C(=C/F)CN)c3=O)s2)cc1. The Morgan fingerprint density at radius 2 is 2.00 bits per heavy atom. The van der Waals surface area contributed by atoms with Crippen LogP contribution in [0.4, 0.5) is 10.1 Å². The molecule has 2 aromatic heterocycles. The number of hydrogen-bond donors (Lipinski definition) is 2. The van der Waals surface area contributed by atoms with E-state index in [1.165, 1.54) is 26.9 Å². The van der Waals surface area contributed by atoms with E-state index >= 15 is 0 Å². The highest BCUT2D eigenvalue weighted by Crippen LogP contribution is 2.29. The van der Waals surface area contributed by atoms with Gasteiger partial charge >= 0.3 is 5.69 Å². The summed E-state index contributed by atoms with van der Waals surface area (Å²) >= 11 is 1.51. The summed E-state index contributed by atoms with van der Waals surface area (Å²) in [6, 6.07) is 10.9. The van der Waals surface area contributed by atoms with E-state index in [9.17, 15) is 17.6 Å². The van der Waals surface area contributed by atoms with Crippen molar-refractivity contribution >= 4 is 27.0 Å². The maximum Gasteiger partial charge on any atom is 0.346 e. The maximum absolute atomic E-state index is 12.7. The van der Waals surface area contributed by atoms with Crippen LogP contribution >= 0.6 is 11.3 Å². The van der Waals surface area contributed by atoms with E-state index in [4.69, 9.17) is 5.73 Å². The van der Waals surface area contributed by atoms with Crippen LogP contribution in [0.1, 0.15) is 4.88 Å². The topological polar surface area (TPSA) is 112 Å². The number of thiophene rings is 1. The molecule has 154 valence electrons. The van der Waals surface area contributed by atoms with Gasteiger partial charge in [-0.05, 0) is 35.4 Å². The molecule has 0 aliphatic carbocycles. The van der Waals surface area contributed by atoms with Crippen molar-refractivity contribution in [2.45, 2.75) is 13.1 Å². The van der Waals surface area contributed by atoms with Crippen molar-refractivity contribution in [1.29, 1.82) is 0 Å². The van der Waals surface area contributed by atoms with Gasteiger partial charge in [0.2, 0.25) is 10.0 Å². The fourth-order valence-corrected chi connectivity index (χ4v) is 4.20. The summed E-state index contributed by atoms with van der Waals surface area (Å²) in [7, 11) is -3.32. The van der Waals surface area contributed by atoms with Gasteiger partial charge < -0.3 is 5.73 Å². The highest BCUT2D eigenvalue weighted by atomic mass is 32.2. The molecule has 8 nitrogen and oxygen atoms in total. The van der Waals surface area contributed by atoms with Gasteiger partial charge in [0, 0.05) is 22.0 Å². The van der Waals surface area contributed by atoms with Crippen molar-refractivity contribution in [3.63, 3.8) is 0 Å². The van der Waals surface area contributed by atoms with Gasteiger partial charge in [-0.1, -0.05) is 12.1 Å². The number of nitrogens with zero attached hydrogens (tertiary/aromatic N) is 3. The molecule has 0 bridgehead atoms. The molecule has 3 rings (SSSR count). The first kappa shape index (κ1) is 21.0. The minimum Gasteiger partial charge on any atom is -0.327 e. The molecule has 11 heteroatoms. The fourth-order valence-electron chi connectivity index (χ4n) is 2.63. The van der Waals surface area contributed by atoms with Crippen LogP contribution in [0.3, 0.4) is 0 Å². The second kappa shape index (κ2) is 8.72. The predicted octanol–water partition coefficient (Wildman–Crippen LogP) is 2.01. The van der Waals surface area contributed by atoms with E-state index in [2.05, 4.69) is 9.82 Å². The van der Waals surface area contributed by atoms with Crippen LogP contribution in [-0.4, -0.2) is 35.6 Å². The summed E-state index contributed by atoms with van der Waals surface area (Å²) in [4.78, 5) is 14.3. The lowest BCUT2D eigenvalue weighted by Gasteiger charge is -2.04. The first-order valence-electron chi connectivity index (χ1n) is 8.56. The van der Waals surface area contributed by atoms with Gasteiger partial charge in [-0.15, -0.1) is 11.3 Å². The van der Waals surface area contributed by atoms with Crippen molar-refractivity contribution in [2.24, 2.45) is 5.73 Å². The van der Waals surface area contributed by atoms with Crippen LogP contribution in [0.5, 0.6) is 0 Å². The highest BCUT2D eigenvalue weighted by molar-refractivity contribution is 7.92. The molecule has 0 saturated heterocycles. The summed E-state index contributed by atoms with van der Waals surface area (Å²) in [5.41, 5.74) is 6.78. The minimum atomic E-state index is -3.32. The van der Waals surface area contributed by atoms with Crippen molar-refractivity contribution in [2.75, 3.05) is 17.5 Å². The third-order valence-corrected chi connectivity index (χ3v) is 5.75. The zero-order valence-electron chi connectivity index (χ0n) is 15.6. The summed E-state index contributed by atoms with van der Waals surface area (Å²) in [6.07, 6.45) is 2.91. The number of hydrogen-bond acceptors (Lipinski definition) is 6. The Labute approximate surface area is 171 Å². The molecule has 0 amide bonds. The van der Waals surface area contributed by atoms with Gasteiger partial charge in [0.25, 0.3) is 0 Å². The molecule has 0 radical (unpaired) electrons. The smallest absolute Gasteiger partial charge is 0.327 e. The van der Waals surface area contributed by atoms with Crippen molar-refractivity contribution < 1.29 is 12.8 Å². The second-order valence-corrected chi connectivity index (χ2v) is 9.30. The van der Waals surface area contributed by atoms with E-state index in [1.807, 2.05) is 24.3 Å². The summed E-state index contributed by atoms with van der Waals surface area (Å²) in [5, 5.41) is 4.00. The number of anilines is 1. The zero-order valence-corrected chi connectivity index (χ0v) is 17.2. The van der Waals surface area contributed by atoms with Crippen molar-refractivity contribution in [3.8, 4) is 10.4 Å². The van der Waals surface area contributed by atoms with E-state index < -0.39 is 10.0 Å². The number of nitrogens with one attached hydrogen (secondary N) is 1. The monoisotopic (exact) mass is 437 g/mol. The first-order valence-corrected chi connectivity index (χ1v) is 11.3. The van der Waals surface area contributed by atoms with E-state index in [0.29, 0.717) is 18.6 Å². The summed E-state index contributed by atoms with van der Waals surface area (Å²) in [6.45, 7) is 0.374. The first-order chi connectivity index (χ1) is 13.8. The molecule has 0 unspecified atom stereocenters. The molecule has 1 aromatic carbocycles. The van der Waals surface area contributed by atoms with Gasteiger partial charge in [-0.2, -0.15) is 5.10 Å². The molecule has 0 aliphatic heterocycles. The highest BCUT2D eigenvalue weighted by Gasteiger charge is 2.10. The zero-order chi connectivity index (χ0) is 21.0. The Bertz CT molecular complexity index is 1180. The van der Waals surface area contributed by atoms with Gasteiger partial charge in [0.05, 0.1) is 25.7 Å². The third kappa shape index (κ3) is 5.40. The van der Waals surface area contributed by atoms with Crippen LogP contribution in [0.25, 0.3) is 10.4 Å². The maximum atomic E-state index is 12.7. The largest absolute Gasteiger partial charge is 0.346 e. The molecule has 3 N–H and O–H groups in total. The number of rotatable bonds is 8. The normalized spacial score (nSPS) is 12.3. The molecule has 0 spiro atoms. The van der Waals surface area contributed by atoms with Crippen LogP contribution in [0, 0.1) is 0 Å². The predicted molar refractivity (Wildman–Crippen MR) is 112 cm³/mol. The van der Waals surface area contributed by atoms with Gasteiger partial charge in [-0.3, -0.25) is 9.29 Å². The minimum absolute atomic E-state index is 0.0163. The molecule has 3 aromatic rings. The third-order valence-electron chi connectivity index (χ3n) is 4.03. The second-order valence-electron chi connectivity index (χ2n) is 6.39. The van der Waals surface area contributed by atoms with Crippen LogP contribution in [0.15, 0.2) is 59.4 Å². The lowest BCUT2D eigenvalue weighted by molar-refractivity contribution is 0.604. The van der Waals surface area contributed by atoms with E-state index in [-0.39, 0.29) is 24.4 Å². The average molecular weight is 438 g/mol. The molecule has 0 atom stereocenters. The number of halogens is 1. The molecule has 2 heterocycles. The molecule has 0 aliphatic rings. The van der Waals surface area contributed by atoms with Gasteiger partial charge in [0.1, 0.15) is 6.33 Å². The Kier molecular flexibility index (Phi) is 6.30. The molecule has 0 saturated carbocycles. The number of sulfonamides is 1. The van der Waals surface area contributed by atoms with Crippen LogP contribution in [0.2, 0.25) is 0 Å². The van der Waals surface area contributed by atoms with Crippen LogP contribution in [-0.2, 0) is 23.1 Å². The van der Waals surface area contributed by atoms with Gasteiger partial charge in [-0.25, -0.2) is 22.3 Å². The number of aromatic nitrogens is 3. The van der Waals surface area contributed by atoms with E-state index in [0.717, 1.165) is 21.6 Å². The molecular weight excluding hydrogens is 417 g/mol. The molecule has 0 fully saturated rings. The quantitative estimate of drug-likeness (QED) is 0.560. The number of nitrogens with two attached hydrogens (primary N) is 1. The molecule has 29 heavy (non-hydrogen) atoms. The van der Waals surface area contributed by atoms with E-state index in [1.54, 1.807) is 12.1 Å². The summed E-state index contributed by atoms with van der Waals surface area (Å²) < 4.78 is 40.3. The Balaban J connectivity index is 1.73. The standard InChI is InChI=1S/C18H20FN5O3S2/c1-29(26,27)22-15-4-2-14(3-5-15)17-7-6-16(28-17)11-23-12-21-24(18(23)25)10-13(8-19)9-20/h2-8,12,22H,9-11,20H2,1H3/b13-8+. The lowest BCUT2D eigenvalue weighted by atomic mass is 10.2. The lowest BCUT2D eigenvalue weighted by Crippen LogP contribution is -2.26. The van der Waals surface area contributed by atoms with Crippen LogP contribution < -0.4 is 16.1 Å². The Morgan fingerprint density at radius 3 is 2.62 bits per heavy atom. The summed E-state index contributed by atoms with van der Waals surface area (Å²) in [5.74, 6) is 0. The Hall–Kier alpha value is -2.76. The molecular formula is C18H20FN5O3S2.